The van der Waals surface area contributed by atoms with Crippen molar-refractivity contribution in [2.24, 2.45) is 0 Å². The van der Waals surface area contributed by atoms with Crippen LogP contribution in [-0.4, -0.2) is 19.6 Å². The maximum absolute atomic E-state index is 6.04. The highest BCUT2D eigenvalue weighted by atomic mass is 35.5. The van der Waals surface area contributed by atoms with Crippen molar-refractivity contribution in [2.45, 2.75) is 13.1 Å². The van der Waals surface area contributed by atoms with Crippen LogP contribution in [0.25, 0.3) is 11.1 Å². The highest BCUT2D eigenvalue weighted by Gasteiger charge is 2.06. The molecule has 4 nitrogen and oxygen atoms in total. The van der Waals surface area contributed by atoms with Gasteiger partial charge in [0.05, 0.1) is 25.5 Å². The molecular weight excluding hydrogens is 367 g/mol. The molecule has 2 aromatic heterocycles. The Balaban J connectivity index is 1.48. The standard InChI is InChI=1S/C20H16Cl2N4/c21-19-5-1-3-15(7-19)11-25-13-17(9-23-25)18-10-24-26(14-18)12-16-4-2-6-20(22)8-16/h1-10,13-14H,11-12H2. The number of benzene rings is 2. The number of nitrogens with zero attached hydrogens (tertiary/aromatic N) is 4. The molecule has 0 N–H and O–H groups in total. The summed E-state index contributed by atoms with van der Waals surface area (Å²) in [6.07, 6.45) is 7.74. The van der Waals surface area contributed by atoms with E-state index >= 15 is 0 Å². The average molecular weight is 383 g/mol. The zero-order valence-electron chi connectivity index (χ0n) is 13.9. The van der Waals surface area contributed by atoms with Gasteiger partial charge in [-0.2, -0.15) is 10.2 Å². The van der Waals surface area contributed by atoms with Gasteiger partial charge in [0.2, 0.25) is 0 Å². The minimum Gasteiger partial charge on any atom is -0.268 e. The highest BCUT2D eigenvalue weighted by Crippen LogP contribution is 2.20. The van der Waals surface area contributed by atoms with Crippen LogP contribution in [0.15, 0.2) is 73.3 Å². The number of rotatable bonds is 5. The largest absolute Gasteiger partial charge is 0.268 e. The van der Waals surface area contributed by atoms with Crippen LogP contribution >= 0.6 is 23.2 Å². The van der Waals surface area contributed by atoms with Gasteiger partial charge in [0.1, 0.15) is 0 Å². The Morgan fingerprint density at radius 3 is 1.58 bits per heavy atom. The molecule has 0 saturated carbocycles. The summed E-state index contributed by atoms with van der Waals surface area (Å²) >= 11 is 12.1. The van der Waals surface area contributed by atoms with Gasteiger partial charge in [-0.05, 0) is 35.4 Å². The average Bonchev–Trinajstić information content (AvgIpc) is 3.24. The number of hydrogen-bond acceptors (Lipinski definition) is 2. The molecule has 4 rings (SSSR count). The molecule has 0 atom stereocenters. The molecule has 4 aromatic rings. The Morgan fingerprint density at radius 2 is 1.15 bits per heavy atom. The minimum atomic E-state index is 0.678. The Labute approximate surface area is 161 Å². The van der Waals surface area contributed by atoms with Gasteiger partial charge in [-0.15, -0.1) is 0 Å². The lowest BCUT2D eigenvalue weighted by Gasteiger charge is -2.02. The van der Waals surface area contributed by atoms with E-state index in [2.05, 4.69) is 10.2 Å². The predicted molar refractivity (Wildman–Crippen MR) is 105 cm³/mol. The van der Waals surface area contributed by atoms with E-state index in [4.69, 9.17) is 23.2 Å². The molecule has 0 amide bonds. The summed E-state index contributed by atoms with van der Waals surface area (Å²) in [7, 11) is 0. The van der Waals surface area contributed by atoms with Crippen LogP contribution in [0.4, 0.5) is 0 Å². The smallest absolute Gasteiger partial charge is 0.0660 e. The van der Waals surface area contributed by atoms with Crippen LogP contribution in [0.2, 0.25) is 10.0 Å². The summed E-state index contributed by atoms with van der Waals surface area (Å²) in [5.74, 6) is 0. The lowest BCUT2D eigenvalue weighted by molar-refractivity contribution is 0.686. The summed E-state index contributed by atoms with van der Waals surface area (Å²) in [5.41, 5.74) is 4.29. The van der Waals surface area contributed by atoms with Crippen LogP contribution in [0, 0.1) is 0 Å². The lowest BCUT2D eigenvalue weighted by atomic mass is 10.2. The molecule has 0 fully saturated rings. The van der Waals surface area contributed by atoms with Crippen LogP contribution in [-0.2, 0) is 13.1 Å². The molecule has 0 aliphatic heterocycles. The van der Waals surface area contributed by atoms with E-state index in [9.17, 15) is 0 Å². The van der Waals surface area contributed by atoms with E-state index in [1.54, 1.807) is 0 Å². The SMILES string of the molecule is Clc1cccc(Cn2cc(-c3cnn(Cc4cccc(Cl)c4)c3)cn2)c1. The Hall–Kier alpha value is -2.56. The van der Waals surface area contributed by atoms with Crippen LogP contribution < -0.4 is 0 Å². The van der Waals surface area contributed by atoms with Crippen LogP contribution in [0.5, 0.6) is 0 Å². The van der Waals surface area contributed by atoms with Crippen molar-refractivity contribution in [1.82, 2.24) is 19.6 Å². The molecule has 2 heterocycles. The molecule has 2 aromatic carbocycles. The summed E-state index contributed by atoms with van der Waals surface area (Å²) < 4.78 is 3.80. The fourth-order valence-corrected chi connectivity index (χ4v) is 3.27. The quantitative estimate of drug-likeness (QED) is 0.478. The maximum Gasteiger partial charge on any atom is 0.0660 e. The molecule has 0 radical (unpaired) electrons. The van der Waals surface area contributed by atoms with E-state index in [-0.39, 0.29) is 0 Å². The summed E-state index contributed by atoms with van der Waals surface area (Å²) in [6.45, 7) is 1.36. The van der Waals surface area contributed by atoms with E-state index in [0.29, 0.717) is 13.1 Å². The molecule has 0 unspecified atom stereocenters. The van der Waals surface area contributed by atoms with Crippen LogP contribution in [0.3, 0.4) is 0 Å². The molecular formula is C20H16Cl2N4. The van der Waals surface area contributed by atoms with Crippen molar-refractivity contribution in [3.05, 3.63) is 94.5 Å². The monoisotopic (exact) mass is 382 g/mol. The van der Waals surface area contributed by atoms with Crippen molar-refractivity contribution >= 4 is 23.2 Å². The van der Waals surface area contributed by atoms with Gasteiger partial charge in [-0.25, -0.2) is 0 Å². The third-order valence-electron chi connectivity index (χ3n) is 4.07. The molecule has 0 aliphatic carbocycles. The second-order valence-electron chi connectivity index (χ2n) is 6.11. The van der Waals surface area contributed by atoms with Crippen LogP contribution in [0.1, 0.15) is 11.1 Å². The first kappa shape index (κ1) is 16.9. The fraction of sp³-hybridized carbons (Fsp3) is 0.100. The molecule has 0 saturated heterocycles. The van der Waals surface area contributed by atoms with Gasteiger partial charge >= 0.3 is 0 Å². The highest BCUT2D eigenvalue weighted by molar-refractivity contribution is 6.30. The summed E-state index contributed by atoms with van der Waals surface area (Å²) in [4.78, 5) is 0. The van der Waals surface area contributed by atoms with Crippen molar-refractivity contribution < 1.29 is 0 Å². The summed E-state index contributed by atoms with van der Waals surface area (Å²) in [6, 6.07) is 15.6. The molecule has 0 bridgehead atoms. The van der Waals surface area contributed by atoms with Crippen molar-refractivity contribution in [2.75, 3.05) is 0 Å². The van der Waals surface area contributed by atoms with Gasteiger partial charge in [0.15, 0.2) is 0 Å². The summed E-state index contributed by atoms with van der Waals surface area (Å²) in [5, 5.41) is 10.3. The van der Waals surface area contributed by atoms with E-state index < -0.39 is 0 Å². The topological polar surface area (TPSA) is 35.6 Å². The van der Waals surface area contributed by atoms with E-state index in [1.807, 2.05) is 82.7 Å². The van der Waals surface area contributed by atoms with Crippen molar-refractivity contribution in [1.29, 1.82) is 0 Å². The first-order chi connectivity index (χ1) is 12.7. The Bertz CT molecular complexity index is 952. The number of hydrogen-bond donors (Lipinski definition) is 0. The molecule has 130 valence electrons. The maximum atomic E-state index is 6.04. The lowest BCUT2D eigenvalue weighted by Crippen LogP contribution is -1.99. The van der Waals surface area contributed by atoms with Crippen molar-refractivity contribution in [3.8, 4) is 11.1 Å². The van der Waals surface area contributed by atoms with Gasteiger partial charge in [-0.3, -0.25) is 9.36 Å². The van der Waals surface area contributed by atoms with Crippen molar-refractivity contribution in [3.63, 3.8) is 0 Å². The predicted octanol–water partition coefficient (Wildman–Crippen LogP) is 5.15. The second-order valence-corrected chi connectivity index (χ2v) is 6.99. The van der Waals surface area contributed by atoms with Gasteiger partial charge in [0, 0.05) is 33.6 Å². The first-order valence-electron chi connectivity index (χ1n) is 8.20. The third kappa shape index (κ3) is 3.98. The molecule has 0 spiro atoms. The molecule has 26 heavy (non-hydrogen) atoms. The molecule has 6 heteroatoms. The third-order valence-corrected chi connectivity index (χ3v) is 4.54. The molecule has 0 aliphatic rings. The normalized spacial score (nSPS) is 11.0. The Morgan fingerprint density at radius 1 is 0.692 bits per heavy atom. The van der Waals surface area contributed by atoms with Gasteiger partial charge in [0.25, 0.3) is 0 Å². The Kier molecular flexibility index (Phi) is 4.78. The first-order valence-corrected chi connectivity index (χ1v) is 8.95. The fourth-order valence-electron chi connectivity index (χ4n) is 2.84. The minimum absolute atomic E-state index is 0.678. The van der Waals surface area contributed by atoms with Gasteiger partial charge in [-0.1, -0.05) is 47.5 Å². The van der Waals surface area contributed by atoms with E-state index in [0.717, 1.165) is 32.3 Å². The number of aromatic nitrogens is 4. The second kappa shape index (κ2) is 7.36. The zero-order chi connectivity index (χ0) is 17.9. The number of halogens is 2. The zero-order valence-corrected chi connectivity index (χ0v) is 15.4. The van der Waals surface area contributed by atoms with E-state index in [1.165, 1.54) is 0 Å². The van der Waals surface area contributed by atoms with Gasteiger partial charge < -0.3 is 0 Å².